The van der Waals surface area contributed by atoms with Crippen LogP contribution in [0.3, 0.4) is 0 Å². The van der Waals surface area contributed by atoms with Crippen molar-refractivity contribution >= 4 is 60.6 Å². The molecule has 0 radical (unpaired) electrons. The third-order valence-corrected chi connectivity index (χ3v) is 11.8. The number of unbranched alkanes of at least 4 members (excludes halogenated alkanes) is 3. The first-order chi connectivity index (χ1) is 24.9. The summed E-state index contributed by atoms with van der Waals surface area (Å²) in [6.07, 6.45) is 10.2. The number of aromatic nitrogens is 1. The van der Waals surface area contributed by atoms with Crippen LogP contribution >= 0.6 is 22.7 Å². The number of hydrogen-bond donors (Lipinski definition) is 3. The highest BCUT2D eigenvalue weighted by Crippen LogP contribution is 2.42. The van der Waals surface area contributed by atoms with E-state index >= 15 is 0 Å². The molecule has 1 aliphatic carbocycles. The minimum Gasteiger partial charge on any atom is -0.494 e. The lowest BCUT2D eigenvalue weighted by Gasteiger charge is -2.29. The fourth-order valence-corrected chi connectivity index (χ4v) is 8.63. The number of rotatable bonds is 16. The van der Waals surface area contributed by atoms with Crippen LogP contribution in [-0.2, 0) is 11.2 Å². The summed E-state index contributed by atoms with van der Waals surface area (Å²) >= 11 is 3.38. The zero-order chi connectivity index (χ0) is 35.6. The minimum absolute atomic E-state index is 0.0425. The van der Waals surface area contributed by atoms with Crippen molar-refractivity contribution in [3.8, 4) is 21.4 Å². The fraction of sp³-hybridized carbons (Fsp3) is 0.366. The maximum atomic E-state index is 12.8. The number of nitrogens with zero attached hydrogens (tertiary/aromatic N) is 2. The highest BCUT2D eigenvalue weighted by Gasteiger charge is 2.27. The molecule has 8 nitrogen and oxygen atoms in total. The van der Waals surface area contributed by atoms with Crippen molar-refractivity contribution in [2.24, 2.45) is 16.6 Å². The van der Waals surface area contributed by atoms with Gasteiger partial charge in [-0.25, -0.2) is 4.98 Å². The fourth-order valence-electron chi connectivity index (χ4n) is 6.44. The summed E-state index contributed by atoms with van der Waals surface area (Å²) < 4.78 is 14.4. The number of ether oxygens (including phenoxy) is 2. The average molecular weight is 722 g/mol. The average Bonchev–Trinajstić information content (AvgIpc) is 3.80. The number of aliphatic imine (C=N–C) groups is 1. The second-order valence-corrected chi connectivity index (χ2v) is 15.3. The number of aryl methyl sites for hydroxylation is 2. The highest BCUT2D eigenvalue weighted by molar-refractivity contribution is 7.28. The van der Waals surface area contributed by atoms with E-state index in [1.165, 1.54) is 10.3 Å². The maximum Gasteiger partial charge on any atom is 0.220 e. The van der Waals surface area contributed by atoms with Crippen molar-refractivity contribution in [3.05, 3.63) is 90.5 Å². The van der Waals surface area contributed by atoms with Crippen molar-refractivity contribution in [1.82, 2.24) is 10.3 Å². The molecule has 1 aliphatic rings. The van der Waals surface area contributed by atoms with E-state index in [2.05, 4.69) is 42.0 Å². The Bertz CT molecular complexity index is 1960. The standard InChI is InChI=1S/C41H47N5O3S2/c1-3-37(42)44-24-8-4-5-9-25-48-31-20-13-28(14-21-31)15-23-38(47)45-30-18-16-29(17-19-30)40(43)49-34-22-12-27(2)32-26-36(50-39(32)34)41-46-33-10-6-7-11-35(33)51-41/h3,6-7,10-14,20-22,26,29-30,43H,1,4-5,8-9,15-19,23-25H2,2H3,(H2,42,44)(H,45,47). The number of hydrogen-bond acceptors (Lipinski definition) is 8. The molecule has 2 heterocycles. The zero-order valence-electron chi connectivity index (χ0n) is 29.3. The monoisotopic (exact) mass is 721 g/mol. The van der Waals surface area contributed by atoms with E-state index in [0.717, 1.165) is 100 Å². The Hall–Kier alpha value is -4.54. The molecule has 0 spiro atoms. The molecule has 0 aliphatic heterocycles. The largest absolute Gasteiger partial charge is 0.494 e. The van der Waals surface area contributed by atoms with Gasteiger partial charge >= 0.3 is 0 Å². The van der Waals surface area contributed by atoms with Crippen LogP contribution in [0.4, 0.5) is 0 Å². The van der Waals surface area contributed by atoms with E-state index in [1.807, 2.05) is 48.5 Å². The highest BCUT2D eigenvalue weighted by atomic mass is 32.1. The van der Waals surface area contributed by atoms with Crippen LogP contribution in [-0.4, -0.2) is 41.8 Å². The predicted molar refractivity (Wildman–Crippen MR) is 213 cm³/mol. The Labute approximate surface area is 308 Å². The lowest BCUT2D eigenvalue weighted by atomic mass is 9.85. The number of fused-ring (bicyclic) bond motifs is 2. The summed E-state index contributed by atoms with van der Waals surface area (Å²) in [7, 11) is 0. The molecule has 2 aromatic heterocycles. The molecule has 10 heteroatoms. The molecule has 0 bridgehead atoms. The van der Waals surface area contributed by atoms with E-state index in [-0.39, 0.29) is 17.9 Å². The quantitative estimate of drug-likeness (QED) is 0.0532. The van der Waals surface area contributed by atoms with Crippen LogP contribution in [0.1, 0.15) is 68.9 Å². The van der Waals surface area contributed by atoms with E-state index in [9.17, 15) is 4.79 Å². The number of nitrogens with one attached hydrogen (secondary N) is 2. The molecule has 0 saturated heterocycles. The normalized spacial score (nSPS) is 16.3. The number of para-hydroxylation sites is 1. The first-order valence-electron chi connectivity index (χ1n) is 17.9. The topological polar surface area (TPSA) is 123 Å². The number of amides is 1. The molecule has 6 rings (SSSR count). The molecule has 4 N–H and O–H groups in total. The first-order valence-corrected chi connectivity index (χ1v) is 19.6. The van der Waals surface area contributed by atoms with Crippen LogP contribution in [0.15, 0.2) is 84.4 Å². The van der Waals surface area contributed by atoms with Crippen LogP contribution in [0, 0.1) is 18.3 Å². The number of benzene rings is 3. The lowest BCUT2D eigenvalue weighted by molar-refractivity contribution is -0.122. The smallest absolute Gasteiger partial charge is 0.220 e. The molecule has 51 heavy (non-hydrogen) atoms. The number of thiazole rings is 1. The Morgan fingerprint density at radius 2 is 1.82 bits per heavy atom. The molecule has 266 valence electrons. The van der Waals surface area contributed by atoms with Crippen LogP contribution in [0.2, 0.25) is 0 Å². The van der Waals surface area contributed by atoms with Gasteiger partial charge in [0.05, 0.1) is 26.4 Å². The van der Waals surface area contributed by atoms with Gasteiger partial charge in [-0.3, -0.25) is 15.2 Å². The first kappa shape index (κ1) is 36.3. The number of carbonyl (C=O) groups is 1. The molecule has 1 fully saturated rings. The minimum atomic E-state index is 0.0425. The summed E-state index contributed by atoms with van der Waals surface area (Å²) in [6, 6.07) is 22.7. The van der Waals surface area contributed by atoms with E-state index in [1.54, 1.807) is 28.7 Å². The third-order valence-electron chi connectivity index (χ3n) is 9.44. The Morgan fingerprint density at radius 1 is 1.04 bits per heavy atom. The van der Waals surface area contributed by atoms with Gasteiger partial charge < -0.3 is 20.5 Å². The van der Waals surface area contributed by atoms with E-state index < -0.39 is 0 Å². The summed E-state index contributed by atoms with van der Waals surface area (Å²) in [5.41, 5.74) is 8.94. The van der Waals surface area contributed by atoms with Gasteiger partial charge in [-0.15, -0.1) is 22.7 Å². The molecule has 5 aromatic rings. The molecular formula is C41H47N5O3S2. The lowest BCUT2D eigenvalue weighted by Crippen LogP contribution is -2.39. The van der Waals surface area contributed by atoms with Crippen molar-refractivity contribution in [2.45, 2.75) is 77.2 Å². The Balaban J connectivity index is 0.904. The van der Waals surface area contributed by atoms with Gasteiger partial charge in [0.1, 0.15) is 22.3 Å². The van der Waals surface area contributed by atoms with Gasteiger partial charge in [0, 0.05) is 24.9 Å². The number of thiophene rings is 1. The molecule has 0 unspecified atom stereocenters. The molecule has 1 saturated carbocycles. The Kier molecular flexibility index (Phi) is 12.5. The van der Waals surface area contributed by atoms with Crippen molar-refractivity contribution in [1.29, 1.82) is 5.41 Å². The predicted octanol–water partition coefficient (Wildman–Crippen LogP) is 9.63. The van der Waals surface area contributed by atoms with E-state index in [4.69, 9.17) is 25.6 Å². The second kappa shape index (κ2) is 17.6. The van der Waals surface area contributed by atoms with Crippen LogP contribution in [0.25, 0.3) is 30.2 Å². The van der Waals surface area contributed by atoms with Crippen molar-refractivity contribution in [2.75, 3.05) is 13.2 Å². The van der Waals surface area contributed by atoms with E-state index in [0.29, 0.717) is 31.2 Å². The molecule has 0 atom stereocenters. The van der Waals surface area contributed by atoms with Gasteiger partial charge in [-0.2, -0.15) is 0 Å². The Morgan fingerprint density at radius 3 is 2.61 bits per heavy atom. The summed E-state index contributed by atoms with van der Waals surface area (Å²) in [6.45, 7) is 7.14. The summed E-state index contributed by atoms with van der Waals surface area (Å²) in [4.78, 5) is 23.0. The van der Waals surface area contributed by atoms with Gasteiger partial charge in [0.2, 0.25) is 5.91 Å². The van der Waals surface area contributed by atoms with Gasteiger partial charge in [-0.1, -0.05) is 43.3 Å². The second-order valence-electron chi connectivity index (χ2n) is 13.2. The third kappa shape index (κ3) is 9.83. The molecule has 1 amide bonds. The molecular weight excluding hydrogens is 675 g/mol. The summed E-state index contributed by atoms with van der Waals surface area (Å²) in [5.74, 6) is 2.52. The number of nitrogens with two attached hydrogens (primary N) is 1. The van der Waals surface area contributed by atoms with Gasteiger partial charge in [0.25, 0.3) is 0 Å². The van der Waals surface area contributed by atoms with Gasteiger partial charge in [-0.05, 0) is 117 Å². The van der Waals surface area contributed by atoms with Crippen molar-refractivity contribution in [3.63, 3.8) is 0 Å². The van der Waals surface area contributed by atoms with Crippen LogP contribution in [0.5, 0.6) is 11.5 Å². The van der Waals surface area contributed by atoms with Gasteiger partial charge in [0.15, 0.2) is 5.90 Å². The maximum absolute atomic E-state index is 12.8. The SMILES string of the molecule is C=CC(N)=NCCCCCCOc1ccc(CCC(=O)NC2CCC(C(=N)Oc3ccc(C)c4cc(-c5nc6ccccc6s5)sc34)CC2)cc1. The number of carbonyl (C=O) groups excluding carboxylic acids is 1. The van der Waals surface area contributed by atoms with Crippen LogP contribution < -0.4 is 20.5 Å². The van der Waals surface area contributed by atoms with Crippen molar-refractivity contribution < 1.29 is 14.3 Å². The number of amidine groups is 1. The zero-order valence-corrected chi connectivity index (χ0v) is 30.9. The summed E-state index contributed by atoms with van der Waals surface area (Å²) in [5, 5.41) is 14.2. The molecule has 3 aromatic carbocycles.